The van der Waals surface area contributed by atoms with Crippen molar-refractivity contribution in [1.29, 1.82) is 0 Å². The Morgan fingerprint density at radius 2 is 1.96 bits per heavy atom. The Kier molecular flexibility index (Phi) is 6.64. The zero-order valence-electron chi connectivity index (χ0n) is 14.8. The van der Waals surface area contributed by atoms with Gasteiger partial charge in [0, 0.05) is 18.2 Å². The van der Waals surface area contributed by atoms with E-state index in [-0.39, 0.29) is 24.3 Å². The highest BCUT2D eigenvalue weighted by Crippen LogP contribution is 2.29. The molecule has 0 saturated heterocycles. The maximum atomic E-state index is 13.1. The number of rotatable bonds is 6. The molecular formula is C19H27NO4. The Morgan fingerprint density at radius 3 is 2.62 bits per heavy atom. The number of carbonyl (C=O) groups excluding carboxylic acids is 2. The second-order valence-electron chi connectivity index (χ2n) is 6.39. The average molecular weight is 333 g/mol. The van der Waals surface area contributed by atoms with Crippen LogP contribution in [-0.4, -0.2) is 43.6 Å². The van der Waals surface area contributed by atoms with Gasteiger partial charge in [-0.05, 0) is 37.0 Å². The van der Waals surface area contributed by atoms with Crippen molar-refractivity contribution >= 4 is 11.9 Å². The van der Waals surface area contributed by atoms with Gasteiger partial charge in [0.2, 0.25) is 0 Å². The Labute approximate surface area is 143 Å². The van der Waals surface area contributed by atoms with Crippen LogP contribution < -0.4 is 4.74 Å². The van der Waals surface area contributed by atoms with Gasteiger partial charge < -0.3 is 14.4 Å². The van der Waals surface area contributed by atoms with E-state index < -0.39 is 0 Å². The summed E-state index contributed by atoms with van der Waals surface area (Å²) in [5.74, 6) is 0.759. The third kappa shape index (κ3) is 4.49. The van der Waals surface area contributed by atoms with E-state index in [1.54, 1.807) is 19.2 Å². The maximum absolute atomic E-state index is 13.1. The van der Waals surface area contributed by atoms with Crippen molar-refractivity contribution in [2.45, 2.75) is 45.1 Å². The lowest BCUT2D eigenvalue weighted by Gasteiger charge is -2.38. The molecule has 132 valence electrons. The summed E-state index contributed by atoms with van der Waals surface area (Å²) in [4.78, 5) is 26.5. The lowest BCUT2D eigenvalue weighted by atomic mass is 9.84. The number of esters is 1. The number of methoxy groups -OCH3 is 2. The predicted molar refractivity (Wildman–Crippen MR) is 92.1 cm³/mol. The van der Waals surface area contributed by atoms with Crippen molar-refractivity contribution in [3.8, 4) is 5.75 Å². The molecule has 1 saturated carbocycles. The van der Waals surface area contributed by atoms with Crippen LogP contribution in [0.25, 0.3) is 0 Å². The van der Waals surface area contributed by atoms with E-state index >= 15 is 0 Å². The van der Waals surface area contributed by atoms with E-state index in [9.17, 15) is 9.59 Å². The van der Waals surface area contributed by atoms with E-state index in [0.717, 1.165) is 19.3 Å². The molecule has 1 fully saturated rings. The molecule has 0 radical (unpaired) electrons. The number of carbonyl (C=O) groups is 2. The summed E-state index contributed by atoms with van der Waals surface area (Å²) in [6.45, 7) is 2.57. The van der Waals surface area contributed by atoms with Crippen LogP contribution in [0.15, 0.2) is 24.3 Å². The predicted octanol–water partition coefficient (Wildman–Crippen LogP) is 3.28. The summed E-state index contributed by atoms with van der Waals surface area (Å²) in [5, 5.41) is 0. The lowest BCUT2D eigenvalue weighted by Crippen LogP contribution is -2.46. The quantitative estimate of drug-likeness (QED) is 0.750. The van der Waals surface area contributed by atoms with Crippen LogP contribution in [0.4, 0.5) is 0 Å². The van der Waals surface area contributed by atoms with Crippen molar-refractivity contribution in [1.82, 2.24) is 4.90 Å². The van der Waals surface area contributed by atoms with Crippen molar-refractivity contribution in [2.24, 2.45) is 5.92 Å². The first-order valence-electron chi connectivity index (χ1n) is 8.58. The van der Waals surface area contributed by atoms with Gasteiger partial charge in [0.05, 0.1) is 20.6 Å². The molecule has 0 bridgehead atoms. The van der Waals surface area contributed by atoms with Crippen LogP contribution in [-0.2, 0) is 9.53 Å². The molecule has 2 rings (SSSR count). The molecule has 0 aromatic heterocycles. The minimum Gasteiger partial charge on any atom is -0.497 e. The van der Waals surface area contributed by atoms with Gasteiger partial charge in [-0.3, -0.25) is 9.59 Å². The molecule has 0 spiro atoms. The smallest absolute Gasteiger partial charge is 0.307 e. The monoisotopic (exact) mass is 333 g/mol. The lowest BCUT2D eigenvalue weighted by molar-refractivity contribution is -0.141. The number of hydrogen-bond acceptors (Lipinski definition) is 4. The fraction of sp³-hybridized carbons (Fsp3) is 0.579. The molecule has 0 heterocycles. The fourth-order valence-corrected chi connectivity index (χ4v) is 3.41. The SMILES string of the molecule is COC(=O)CCN(C(=O)c1cccc(OC)c1)C1CCCCC1C. The summed E-state index contributed by atoms with van der Waals surface area (Å²) in [6.07, 6.45) is 4.64. The van der Waals surface area contributed by atoms with Crippen LogP contribution in [0, 0.1) is 5.92 Å². The zero-order valence-corrected chi connectivity index (χ0v) is 14.8. The van der Waals surface area contributed by atoms with Crippen molar-refractivity contribution < 1.29 is 19.1 Å². The Balaban J connectivity index is 2.22. The number of hydrogen-bond donors (Lipinski definition) is 0. The van der Waals surface area contributed by atoms with Crippen LogP contribution in [0.3, 0.4) is 0 Å². The number of nitrogens with zero attached hydrogens (tertiary/aromatic N) is 1. The number of amides is 1. The van der Waals surface area contributed by atoms with E-state index in [1.807, 2.05) is 17.0 Å². The highest BCUT2D eigenvalue weighted by Gasteiger charge is 2.31. The topological polar surface area (TPSA) is 55.8 Å². The Bertz CT molecular complexity index is 572. The van der Waals surface area contributed by atoms with Gasteiger partial charge in [0.25, 0.3) is 5.91 Å². The van der Waals surface area contributed by atoms with Crippen LogP contribution >= 0.6 is 0 Å². The van der Waals surface area contributed by atoms with E-state index in [0.29, 0.717) is 23.8 Å². The minimum absolute atomic E-state index is 0.0449. The molecule has 0 N–H and O–H groups in total. The molecular weight excluding hydrogens is 306 g/mol. The van der Waals surface area contributed by atoms with E-state index in [4.69, 9.17) is 9.47 Å². The summed E-state index contributed by atoms with van der Waals surface area (Å²) < 4.78 is 9.96. The molecule has 1 aliphatic rings. The van der Waals surface area contributed by atoms with Crippen LogP contribution in [0.5, 0.6) is 5.75 Å². The van der Waals surface area contributed by atoms with Crippen LogP contribution in [0.2, 0.25) is 0 Å². The first-order valence-corrected chi connectivity index (χ1v) is 8.58. The summed E-state index contributed by atoms with van der Waals surface area (Å²) in [5.41, 5.74) is 0.594. The standard InChI is InChI=1S/C19H27NO4/c1-14-7-4-5-10-17(14)20(12-11-18(21)24-3)19(22)15-8-6-9-16(13-15)23-2/h6,8-9,13-14,17H,4-5,7,10-12H2,1-3H3. The van der Waals surface area contributed by atoms with Gasteiger partial charge in [-0.15, -0.1) is 0 Å². The van der Waals surface area contributed by atoms with Crippen molar-refractivity contribution in [3.05, 3.63) is 29.8 Å². The molecule has 1 aliphatic carbocycles. The molecule has 1 aromatic carbocycles. The van der Waals surface area contributed by atoms with Crippen molar-refractivity contribution in [3.63, 3.8) is 0 Å². The number of benzene rings is 1. The van der Waals surface area contributed by atoms with Gasteiger partial charge in [0.15, 0.2) is 0 Å². The maximum Gasteiger partial charge on any atom is 0.307 e. The fourth-order valence-electron chi connectivity index (χ4n) is 3.41. The molecule has 1 aromatic rings. The summed E-state index contributed by atoms with van der Waals surface area (Å²) in [6, 6.07) is 7.35. The third-order valence-electron chi connectivity index (χ3n) is 4.83. The second-order valence-corrected chi connectivity index (χ2v) is 6.39. The molecule has 24 heavy (non-hydrogen) atoms. The number of ether oxygens (including phenoxy) is 2. The minimum atomic E-state index is -0.290. The van der Waals surface area contributed by atoms with Gasteiger partial charge in [-0.1, -0.05) is 25.8 Å². The zero-order chi connectivity index (χ0) is 17.5. The average Bonchev–Trinajstić information content (AvgIpc) is 2.62. The molecule has 0 aliphatic heterocycles. The Hall–Kier alpha value is -2.04. The van der Waals surface area contributed by atoms with Crippen LogP contribution in [0.1, 0.15) is 49.4 Å². The van der Waals surface area contributed by atoms with E-state index in [2.05, 4.69) is 6.92 Å². The first kappa shape index (κ1) is 18.3. The van der Waals surface area contributed by atoms with Gasteiger partial charge in [0.1, 0.15) is 5.75 Å². The summed E-state index contributed by atoms with van der Waals surface area (Å²) >= 11 is 0. The molecule has 2 atom stereocenters. The largest absolute Gasteiger partial charge is 0.497 e. The molecule has 5 nitrogen and oxygen atoms in total. The normalized spacial score (nSPS) is 20.3. The summed E-state index contributed by atoms with van der Waals surface area (Å²) in [7, 11) is 2.96. The van der Waals surface area contributed by atoms with Gasteiger partial charge in [-0.25, -0.2) is 0 Å². The second kappa shape index (κ2) is 8.71. The van der Waals surface area contributed by atoms with Gasteiger partial charge >= 0.3 is 5.97 Å². The molecule has 1 amide bonds. The highest BCUT2D eigenvalue weighted by molar-refractivity contribution is 5.95. The van der Waals surface area contributed by atoms with E-state index in [1.165, 1.54) is 13.5 Å². The Morgan fingerprint density at radius 1 is 1.21 bits per heavy atom. The first-order chi connectivity index (χ1) is 11.6. The molecule has 2 unspecified atom stereocenters. The van der Waals surface area contributed by atoms with Crippen molar-refractivity contribution in [2.75, 3.05) is 20.8 Å². The highest BCUT2D eigenvalue weighted by atomic mass is 16.5. The third-order valence-corrected chi connectivity index (χ3v) is 4.83. The molecule has 5 heteroatoms. The van der Waals surface area contributed by atoms with Gasteiger partial charge in [-0.2, -0.15) is 0 Å².